The number of furan rings is 1. The van der Waals surface area contributed by atoms with E-state index in [1.54, 1.807) is 0 Å². The number of carbonyl (C=O) groups is 1. The normalized spacial score (nSPS) is 10.3. The van der Waals surface area contributed by atoms with Crippen LogP contribution in [0.3, 0.4) is 0 Å². The number of halogens is 1. The Labute approximate surface area is 125 Å². The van der Waals surface area contributed by atoms with Crippen molar-refractivity contribution in [2.75, 3.05) is 19.6 Å². The highest BCUT2D eigenvalue weighted by Crippen LogP contribution is 2.27. The number of hydrogen-bond acceptors (Lipinski definition) is 3. The number of rotatable bonds is 5. The number of benzene rings is 1. The van der Waals surface area contributed by atoms with Crippen LogP contribution < -0.4 is 10.6 Å². The van der Waals surface area contributed by atoms with E-state index in [0.29, 0.717) is 12.3 Å². The molecule has 1 heterocycles. The zero-order valence-electron chi connectivity index (χ0n) is 12.1. The Balaban J connectivity index is 0.00000200. The van der Waals surface area contributed by atoms with Gasteiger partial charge in [0.2, 0.25) is 0 Å². The Morgan fingerprint density at radius 1 is 1.25 bits per heavy atom. The molecular formula is C15H21ClN2O2. The second-order valence-corrected chi connectivity index (χ2v) is 4.62. The maximum absolute atomic E-state index is 12.1. The van der Waals surface area contributed by atoms with Crippen molar-refractivity contribution in [2.24, 2.45) is 0 Å². The number of fused-ring (bicyclic) bond motifs is 1. The third-order valence-electron chi connectivity index (χ3n) is 3.20. The predicted molar refractivity (Wildman–Crippen MR) is 83.8 cm³/mol. The van der Waals surface area contributed by atoms with E-state index in [2.05, 4.69) is 10.6 Å². The highest BCUT2D eigenvalue weighted by atomic mass is 35.5. The molecule has 0 aliphatic rings. The molecule has 0 aliphatic carbocycles. The fourth-order valence-electron chi connectivity index (χ4n) is 2.12. The van der Waals surface area contributed by atoms with Gasteiger partial charge in [-0.05, 0) is 26.0 Å². The third kappa shape index (κ3) is 3.32. The fraction of sp³-hybridized carbons (Fsp3) is 0.400. The Bertz CT molecular complexity index is 593. The number of hydrogen-bond donors (Lipinski definition) is 2. The minimum Gasteiger partial charge on any atom is -0.450 e. The van der Waals surface area contributed by atoms with Gasteiger partial charge in [-0.1, -0.05) is 25.1 Å². The van der Waals surface area contributed by atoms with E-state index in [4.69, 9.17) is 4.42 Å². The molecule has 0 atom stereocenters. The number of likely N-dealkylation sites (N-methyl/N-ethyl adjacent to an activating group) is 1. The fourth-order valence-corrected chi connectivity index (χ4v) is 2.12. The summed E-state index contributed by atoms with van der Waals surface area (Å²) in [4.78, 5) is 12.1. The largest absolute Gasteiger partial charge is 0.450 e. The van der Waals surface area contributed by atoms with Crippen LogP contribution in [0.15, 0.2) is 22.6 Å². The van der Waals surface area contributed by atoms with Gasteiger partial charge in [-0.25, -0.2) is 0 Å². The number of aryl methyl sites for hydroxylation is 2. The summed E-state index contributed by atoms with van der Waals surface area (Å²) in [6.07, 6.45) is 0. The van der Waals surface area contributed by atoms with Crippen LogP contribution in [0.4, 0.5) is 0 Å². The molecule has 0 fully saturated rings. The third-order valence-corrected chi connectivity index (χ3v) is 3.20. The second kappa shape index (κ2) is 7.31. The van der Waals surface area contributed by atoms with Crippen molar-refractivity contribution in [1.82, 2.24) is 10.6 Å². The van der Waals surface area contributed by atoms with Crippen molar-refractivity contribution in [1.29, 1.82) is 0 Å². The summed E-state index contributed by atoms with van der Waals surface area (Å²) < 4.78 is 5.72. The Morgan fingerprint density at radius 2 is 2.00 bits per heavy atom. The molecule has 4 nitrogen and oxygen atoms in total. The quantitative estimate of drug-likeness (QED) is 0.834. The molecule has 1 aromatic heterocycles. The summed E-state index contributed by atoms with van der Waals surface area (Å²) in [5, 5.41) is 7.03. The molecule has 0 saturated carbocycles. The average molecular weight is 297 g/mol. The summed E-state index contributed by atoms with van der Waals surface area (Å²) in [6, 6.07) is 5.95. The zero-order chi connectivity index (χ0) is 13.8. The van der Waals surface area contributed by atoms with Crippen molar-refractivity contribution >= 4 is 29.3 Å². The number of amides is 1. The molecule has 110 valence electrons. The first-order valence-electron chi connectivity index (χ1n) is 6.62. The molecule has 2 aromatic rings. The van der Waals surface area contributed by atoms with Gasteiger partial charge in [-0.15, -0.1) is 12.4 Å². The summed E-state index contributed by atoms with van der Waals surface area (Å²) in [7, 11) is 0. The molecule has 0 spiro atoms. The first-order valence-corrected chi connectivity index (χ1v) is 6.62. The van der Waals surface area contributed by atoms with E-state index in [1.165, 1.54) is 0 Å². The van der Waals surface area contributed by atoms with Gasteiger partial charge < -0.3 is 15.1 Å². The number of carbonyl (C=O) groups excluding carboxylic acids is 1. The van der Waals surface area contributed by atoms with Crippen LogP contribution in [0.2, 0.25) is 0 Å². The highest BCUT2D eigenvalue weighted by molar-refractivity contribution is 5.99. The van der Waals surface area contributed by atoms with Gasteiger partial charge in [0.05, 0.1) is 0 Å². The topological polar surface area (TPSA) is 54.3 Å². The summed E-state index contributed by atoms with van der Waals surface area (Å²) in [6.45, 7) is 8.21. The van der Waals surface area contributed by atoms with Gasteiger partial charge in [-0.3, -0.25) is 4.79 Å². The number of para-hydroxylation sites is 1. The Morgan fingerprint density at radius 3 is 2.65 bits per heavy atom. The van der Waals surface area contributed by atoms with Crippen LogP contribution >= 0.6 is 12.4 Å². The van der Waals surface area contributed by atoms with E-state index >= 15 is 0 Å². The molecule has 1 amide bonds. The first-order chi connectivity index (χ1) is 9.15. The lowest BCUT2D eigenvalue weighted by Gasteiger charge is -2.03. The van der Waals surface area contributed by atoms with Crippen LogP contribution in [-0.4, -0.2) is 25.5 Å². The van der Waals surface area contributed by atoms with Gasteiger partial charge in [-0.2, -0.15) is 0 Å². The van der Waals surface area contributed by atoms with E-state index in [-0.39, 0.29) is 18.3 Å². The van der Waals surface area contributed by atoms with E-state index in [1.807, 2.05) is 39.0 Å². The van der Waals surface area contributed by atoms with Crippen molar-refractivity contribution in [3.63, 3.8) is 0 Å². The zero-order valence-corrected chi connectivity index (χ0v) is 12.9. The summed E-state index contributed by atoms with van der Waals surface area (Å²) in [5.41, 5.74) is 2.75. The van der Waals surface area contributed by atoms with Gasteiger partial charge in [0.25, 0.3) is 5.91 Å². The van der Waals surface area contributed by atoms with Crippen molar-refractivity contribution in [3.05, 3.63) is 35.1 Å². The van der Waals surface area contributed by atoms with E-state index < -0.39 is 0 Å². The molecule has 20 heavy (non-hydrogen) atoms. The molecule has 0 bridgehead atoms. The molecule has 2 N–H and O–H groups in total. The first kappa shape index (κ1) is 16.5. The average Bonchev–Trinajstić information content (AvgIpc) is 2.74. The van der Waals surface area contributed by atoms with E-state index in [0.717, 1.165) is 35.2 Å². The SMILES string of the molecule is CCNCCNC(=O)c1oc2c(C)cccc2c1C.Cl. The van der Waals surface area contributed by atoms with Crippen LogP contribution in [0.25, 0.3) is 11.0 Å². The van der Waals surface area contributed by atoms with E-state index in [9.17, 15) is 4.79 Å². The molecule has 5 heteroatoms. The van der Waals surface area contributed by atoms with Crippen LogP contribution in [-0.2, 0) is 0 Å². The Kier molecular flexibility index (Phi) is 6.05. The molecular weight excluding hydrogens is 276 g/mol. The molecule has 1 aromatic carbocycles. The maximum Gasteiger partial charge on any atom is 0.287 e. The highest BCUT2D eigenvalue weighted by Gasteiger charge is 2.17. The summed E-state index contributed by atoms with van der Waals surface area (Å²) in [5.74, 6) is 0.270. The molecule has 2 rings (SSSR count). The number of nitrogens with one attached hydrogen (secondary N) is 2. The van der Waals surface area contributed by atoms with Gasteiger partial charge in [0, 0.05) is 24.0 Å². The standard InChI is InChI=1S/C15H20N2O2.ClH/c1-4-16-8-9-17-15(18)14-11(3)12-7-5-6-10(2)13(12)19-14;/h5-7,16H,4,8-9H2,1-3H3,(H,17,18);1H. The summed E-state index contributed by atoms with van der Waals surface area (Å²) >= 11 is 0. The smallest absolute Gasteiger partial charge is 0.287 e. The van der Waals surface area contributed by atoms with Crippen molar-refractivity contribution < 1.29 is 9.21 Å². The van der Waals surface area contributed by atoms with Gasteiger partial charge >= 0.3 is 0 Å². The predicted octanol–water partition coefficient (Wildman–Crippen LogP) is 2.81. The molecule has 0 unspecified atom stereocenters. The second-order valence-electron chi connectivity index (χ2n) is 4.62. The molecule has 0 saturated heterocycles. The molecule has 0 radical (unpaired) electrons. The van der Waals surface area contributed by atoms with Gasteiger partial charge in [0.1, 0.15) is 5.58 Å². The molecule has 0 aliphatic heterocycles. The monoisotopic (exact) mass is 296 g/mol. The van der Waals surface area contributed by atoms with Crippen molar-refractivity contribution in [3.8, 4) is 0 Å². The minimum absolute atomic E-state index is 0. The van der Waals surface area contributed by atoms with Gasteiger partial charge in [0.15, 0.2) is 5.76 Å². The van der Waals surface area contributed by atoms with Crippen LogP contribution in [0.5, 0.6) is 0 Å². The maximum atomic E-state index is 12.1. The Hall–Kier alpha value is -1.52. The lowest BCUT2D eigenvalue weighted by Crippen LogP contribution is -2.31. The van der Waals surface area contributed by atoms with Crippen LogP contribution in [0.1, 0.15) is 28.6 Å². The minimum atomic E-state index is -0.147. The van der Waals surface area contributed by atoms with Crippen molar-refractivity contribution in [2.45, 2.75) is 20.8 Å². The lowest BCUT2D eigenvalue weighted by atomic mass is 10.1. The lowest BCUT2D eigenvalue weighted by molar-refractivity contribution is 0.0927. The van der Waals surface area contributed by atoms with Crippen LogP contribution in [0, 0.1) is 13.8 Å².